The molecule has 4 heteroatoms. The number of hydrogen-bond donors (Lipinski definition) is 0. The largest absolute Gasteiger partial charge is 0.344 e. The maximum absolute atomic E-state index is 3.59. The van der Waals surface area contributed by atoms with Crippen molar-refractivity contribution < 1.29 is 0 Å². The third kappa shape index (κ3) is 1.81. The van der Waals surface area contributed by atoms with Gasteiger partial charge in [-0.15, -0.1) is 0 Å². The zero-order chi connectivity index (χ0) is 16.6. The lowest BCUT2D eigenvalue weighted by molar-refractivity contribution is 1.01. The molecule has 118 valence electrons. The molecule has 0 saturated carbocycles. The number of fused-ring (bicyclic) bond motifs is 6. The SMILES string of the molecule is Cn1c2cc(Br)ccc2c2cc3c(cc21)c1ccc(Br)cc1n3C. The van der Waals surface area contributed by atoms with Gasteiger partial charge in [0.1, 0.15) is 0 Å². The van der Waals surface area contributed by atoms with Crippen LogP contribution < -0.4 is 0 Å². The Labute approximate surface area is 155 Å². The standard InChI is InChI=1S/C20H14Br2N2/c1-23-17-7-11(21)3-5-13(17)15-10-20-16(9-19(15)23)14-6-4-12(22)8-18(14)24(20)2/h3-10H,1-2H3. The first-order valence-electron chi connectivity index (χ1n) is 7.80. The van der Waals surface area contributed by atoms with Crippen molar-refractivity contribution in [1.29, 1.82) is 0 Å². The van der Waals surface area contributed by atoms with Gasteiger partial charge in [0.05, 0.1) is 0 Å². The summed E-state index contributed by atoms with van der Waals surface area (Å²) in [6.07, 6.45) is 0. The molecule has 0 saturated heterocycles. The second-order valence-electron chi connectivity index (χ2n) is 6.33. The average molecular weight is 442 g/mol. The van der Waals surface area contributed by atoms with E-state index in [0.29, 0.717) is 0 Å². The summed E-state index contributed by atoms with van der Waals surface area (Å²) in [5, 5.41) is 5.20. The quantitative estimate of drug-likeness (QED) is 0.259. The summed E-state index contributed by atoms with van der Waals surface area (Å²) in [5.74, 6) is 0. The van der Waals surface area contributed by atoms with Crippen molar-refractivity contribution in [2.45, 2.75) is 0 Å². The minimum Gasteiger partial charge on any atom is -0.344 e. The molecule has 0 aliphatic rings. The van der Waals surface area contributed by atoms with Crippen LogP contribution in [-0.2, 0) is 14.1 Å². The van der Waals surface area contributed by atoms with Crippen LogP contribution in [0.2, 0.25) is 0 Å². The van der Waals surface area contributed by atoms with E-state index in [4.69, 9.17) is 0 Å². The third-order valence-electron chi connectivity index (χ3n) is 5.06. The Morgan fingerprint density at radius 1 is 0.542 bits per heavy atom. The van der Waals surface area contributed by atoms with E-state index in [-0.39, 0.29) is 0 Å². The van der Waals surface area contributed by atoms with E-state index in [2.05, 4.69) is 104 Å². The zero-order valence-electron chi connectivity index (χ0n) is 13.3. The number of aromatic nitrogens is 2. The van der Waals surface area contributed by atoms with Gasteiger partial charge in [0.25, 0.3) is 0 Å². The van der Waals surface area contributed by atoms with Crippen molar-refractivity contribution in [3.63, 3.8) is 0 Å². The van der Waals surface area contributed by atoms with Crippen molar-refractivity contribution in [3.05, 3.63) is 57.5 Å². The second-order valence-corrected chi connectivity index (χ2v) is 8.16. The van der Waals surface area contributed by atoms with Crippen LogP contribution in [-0.4, -0.2) is 9.13 Å². The summed E-state index contributed by atoms with van der Waals surface area (Å²) >= 11 is 7.18. The Bertz CT molecular complexity index is 1190. The normalized spacial score (nSPS) is 12.2. The van der Waals surface area contributed by atoms with Crippen LogP contribution in [0.1, 0.15) is 0 Å². The smallest absolute Gasteiger partial charge is 0.0500 e. The van der Waals surface area contributed by atoms with E-state index in [1.54, 1.807) is 0 Å². The Balaban J connectivity index is 2.04. The third-order valence-corrected chi connectivity index (χ3v) is 6.05. The Morgan fingerprint density at radius 3 is 1.33 bits per heavy atom. The minimum atomic E-state index is 1.11. The molecule has 24 heavy (non-hydrogen) atoms. The highest BCUT2D eigenvalue weighted by Gasteiger charge is 2.14. The molecule has 0 unspecified atom stereocenters. The molecule has 0 amide bonds. The van der Waals surface area contributed by atoms with E-state index in [1.807, 2.05) is 0 Å². The maximum atomic E-state index is 3.59. The molecular weight excluding hydrogens is 428 g/mol. The predicted molar refractivity (Wildman–Crippen MR) is 110 cm³/mol. The summed E-state index contributed by atoms with van der Waals surface area (Å²) in [6, 6.07) is 17.7. The van der Waals surface area contributed by atoms with Crippen LogP contribution in [0.5, 0.6) is 0 Å². The van der Waals surface area contributed by atoms with Crippen LogP contribution in [0, 0.1) is 0 Å². The van der Waals surface area contributed by atoms with Crippen molar-refractivity contribution in [3.8, 4) is 0 Å². The van der Waals surface area contributed by atoms with Gasteiger partial charge in [-0.3, -0.25) is 0 Å². The molecule has 0 fully saturated rings. The van der Waals surface area contributed by atoms with Gasteiger partial charge in [-0.25, -0.2) is 0 Å². The molecule has 0 N–H and O–H groups in total. The summed E-state index contributed by atoms with van der Waals surface area (Å²) in [5.41, 5.74) is 5.04. The summed E-state index contributed by atoms with van der Waals surface area (Å²) in [4.78, 5) is 0. The van der Waals surface area contributed by atoms with Crippen LogP contribution in [0.3, 0.4) is 0 Å². The molecule has 3 aromatic carbocycles. The molecular formula is C20H14Br2N2. The van der Waals surface area contributed by atoms with Crippen LogP contribution in [0.15, 0.2) is 57.5 Å². The molecule has 2 aromatic heterocycles. The van der Waals surface area contributed by atoms with Gasteiger partial charge in [-0.2, -0.15) is 0 Å². The van der Waals surface area contributed by atoms with Gasteiger partial charge in [0.15, 0.2) is 0 Å². The number of nitrogens with zero attached hydrogens (tertiary/aromatic N) is 2. The maximum Gasteiger partial charge on any atom is 0.0500 e. The summed E-state index contributed by atoms with van der Waals surface area (Å²) < 4.78 is 6.79. The fourth-order valence-electron chi connectivity index (χ4n) is 3.84. The Morgan fingerprint density at radius 2 is 0.917 bits per heavy atom. The highest BCUT2D eigenvalue weighted by Crippen LogP contribution is 2.37. The first-order valence-corrected chi connectivity index (χ1v) is 9.38. The zero-order valence-corrected chi connectivity index (χ0v) is 16.4. The number of hydrogen-bond acceptors (Lipinski definition) is 0. The van der Waals surface area contributed by atoms with E-state index in [0.717, 1.165) is 8.95 Å². The molecule has 2 heterocycles. The predicted octanol–water partition coefficient (Wildman–Crippen LogP) is 6.50. The molecule has 0 spiro atoms. The van der Waals surface area contributed by atoms with Gasteiger partial charge >= 0.3 is 0 Å². The van der Waals surface area contributed by atoms with Gasteiger partial charge in [-0.05, 0) is 36.4 Å². The highest BCUT2D eigenvalue weighted by atomic mass is 79.9. The summed E-state index contributed by atoms with van der Waals surface area (Å²) in [6.45, 7) is 0. The van der Waals surface area contributed by atoms with Crippen LogP contribution >= 0.6 is 31.9 Å². The summed E-state index contributed by atoms with van der Waals surface area (Å²) in [7, 11) is 4.29. The van der Waals surface area contributed by atoms with Gasteiger partial charge in [0.2, 0.25) is 0 Å². The van der Waals surface area contributed by atoms with E-state index < -0.39 is 0 Å². The highest BCUT2D eigenvalue weighted by molar-refractivity contribution is 9.10. The van der Waals surface area contributed by atoms with Gasteiger partial charge < -0.3 is 9.13 Å². The lowest BCUT2D eigenvalue weighted by atomic mass is 10.1. The van der Waals surface area contributed by atoms with Crippen LogP contribution in [0.4, 0.5) is 0 Å². The van der Waals surface area contributed by atoms with Crippen molar-refractivity contribution in [2.75, 3.05) is 0 Å². The molecule has 0 aliphatic heterocycles. The minimum absolute atomic E-state index is 1.11. The molecule has 2 nitrogen and oxygen atoms in total. The number of aryl methyl sites for hydroxylation is 2. The lowest BCUT2D eigenvalue weighted by Crippen LogP contribution is -1.87. The molecule has 0 radical (unpaired) electrons. The molecule has 5 rings (SSSR count). The molecule has 0 atom stereocenters. The average Bonchev–Trinajstić information content (AvgIpc) is 2.99. The molecule has 5 aromatic rings. The second kappa shape index (κ2) is 4.87. The van der Waals surface area contributed by atoms with Crippen molar-refractivity contribution in [1.82, 2.24) is 9.13 Å². The van der Waals surface area contributed by atoms with E-state index in [1.165, 1.54) is 43.6 Å². The van der Waals surface area contributed by atoms with Gasteiger partial charge in [0, 0.05) is 66.7 Å². The first-order chi connectivity index (χ1) is 11.5. The molecule has 0 bridgehead atoms. The van der Waals surface area contributed by atoms with E-state index in [9.17, 15) is 0 Å². The fraction of sp³-hybridized carbons (Fsp3) is 0.100. The Hall–Kier alpha value is -1.78. The monoisotopic (exact) mass is 440 g/mol. The number of rotatable bonds is 0. The number of benzene rings is 3. The number of halogens is 2. The fourth-order valence-corrected chi connectivity index (χ4v) is 4.54. The molecule has 0 aliphatic carbocycles. The van der Waals surface area contributed by atoms with Crippen molar-refractivity contribution >= 4 is 75.5 Å². The van der Waals surface area contributed by atoms with E-state index >= 15 is 0 Å². The topological polar surface area (TPSA) is 9.86 Å². The first kappa shape index (κ1) is 14.6. The van der Waals surface area contributed by atoms with Crippen LogP contribution in [0.25, 0.3) is 43.6 Å². The Kier molecular flexibility index (Phi) is 2.95. The van der Waals surface area contributed by atoms with Crippen molar-refractivity contribution in [2.24, 2.45) is 14.1 Å². The van der Waals surface area contributed by atoms with Gasteiger partial charge in [-0.1, -0.05) is 44.0 Å². The lowest BCUT2D eigenvalue weighted by Gasteiger charge is -2.00.